The van der Waals surface area contributed by atoms with Crippen LogP contribution in [0.15, 0.2) is 0 Å². The van der Waals surface area contributed by atoms with Crippen molar-refractivity contribution in [3.63, 3.8) is 0 Å². The molecule has 0 heterocycles. The van der Waals surface area contributed by atoms with Crippen molar-refractivity contribution in [2.75, 3.05) is 0 Å². The van der Waals surface area contributed by atoms with Gasteiger partial charge in [0.1, 0.15) is 0 Å². The molecule has 6 heavy (non-hydrogen) atoms. The van der Waals surface area contributed by atoms with Gasteiger partial charge in [-0.05, 0) is 0 Å². The molecule has 0 aliphatic heterocycles. The van der Waals surface area contributed by atoms with E-state index in [1.165, 1.54) is 0 Å². The van der Waals surface area contributed by atoms with Crippen LogP contribution >= 0.6 is 33.2 Å². The maximum atomic E-state index is 5.14. The van der Waals surface area contributed by atoms with Crippen molar-refractivity contribution >= 4 is 56.1 Å². The van der Waals surface area contributed by atoms with Gasteiger partial charge in [0.05, 0.1) is 0 Å². The Hall–Kier alpha value is 1.58. The van der Waals surface area contributed by atoms with Crippen LogP contribution in [-0.4, -0.2) is 22.9 Å². The Labute approximate surface area is 59.5 Å². The fourth-order valence-electron chi connectivity index (χ4n) is 0. The van der Waals surface area contributed by atoms with Gasteiger partial charge in [-0.1, -0.05) is 0 Å². The third-order valence-corrected chi connectivity index (χ3v) is 3.61. The molecule has 0 fully saturated rings. The molecule has 0 saturated heterocycles. The summed E-state index contributed by atoms with van der Waals surface area (Å²) < 4.78 is 4.29. The van der Waals surface area contributed by atoms with Gasteiger partial charge in [-0.25, -0.2) is 0 Å². The van der Waals surface area contributed by atoms with Crippen molar-refractivity contribution < 1.29 is 3.48 Å². The van der Waals surface area contributed by atoms with Gasteiger partial charge < -0.3 is 0 Å². The average Bonchev–Trinajstić information content (AvgIpc) is 1.35. The number of hydrogen-bond acceptors (Lipinski definition) is 1. The first-order chi connectivity index (χ1) is 2.56. The minimum atomic E-state index is -2.75. The second-order valence-electron chi connectivity index (χ2n) is 0.564. The number of rotatable bonds is 1. The molecule has 6 heteroatoms. The van der Waals surface area contributed by atoms with E-state index < -0.39 is 6.25 Å². The zero-order valence-electron chi connectivity index (χ0n) is 2.62. The quantitative estimate of drug-likeness (QED) is 0.433. The van der Waals surface area contributed by atoms with Crippen LogP contribution in [0.25, 0.3) is 0 Å². The van der Waals surface area contributed by atoms with Crippen molar-refractivity contribution in [2.45, 2.75) is 0 Å². The summed E-state index contributed by atoms with van der Waals surface area (Å²) in [4.78, 5) is 0. The first-order valence-corrected chi connectivity index (χ1v) is 6.42. The van der Waals surface area contributed by atoms with Crippen LogP contribution in [0.4, 0.5) is 0 Å². The van der Waals surface area contributed by atoms with Gasteiger partial charge in [-0.15, -0.1) is 0 Å². The summed E-state index contributed by atoms with van der Waals surface area (Å²) in [6.45, 7) is 0. The summed E-state index contributed by atoms with van der Waals surface area (Å²) in [6, 6.07) is 0. The van der Waals surface area contributed by atoms with Crippen LogP contribution in [0.1, 0.15) is 0 Å². The minimum absolute atomic E-state index is 1.89. The molecule has 0 saturated carbocycles. The standard InChI is InChI=1S/Al.Cl3OSi/c;1-5(2,3)4/q+3;-1. The zero-order chi connectivity index (χ0) is 5.21. The van der Waals surface area contributed by atoms with E-state index in [-0.39, 0.29) is 0 Å². The predicted molar refractivity (Wildman–Crippen MR) is 30.2 cm³/mol. The molecule has 0 aromatic rings. The molecule has 0 spiro atoms. The molecule has 0 rings (SSSR count). The summed E-state index contributed by atoms with van der Waals surface area (Å²) >= 11 is 17.3. The van der Waals surface area contributed by atoms with E-state index in [4.69, 9.17) is 33.2 Å². The third kappa shape index (κ3) is 5.58. The fourth-order valence-corrected chi connectivity index (χ4v) is 0. The van der Waals surface area contributed by atoms with E-state index in [1.54, 1.807) is 0 Å². The molecule has 0 aromatic carbocycles. The summed E-state index contributed by atoms with van der Waals surface area (Å²) in [6.07, 6.45) is -2.75. The average molecular weight is 177 g/mol. The molecule has 0 unspecified atom stereocenters. The van der Waals surface area contributed by atoms with E-state index in [1.807, 2.05) is 16.6 Å². The Bertz CT molecular complexity index is 40.5. The van der Waals surface area contributed by atoms with Gasteiger partial charge in [-0.3, -0.25) is 0 Å². The van der Waals surface area contributed by atoms with Crippen molar-refractivity contribution in [1.82, 2.24) is 0 Å². The summed E-state index contributed by atoms with van der Waals surface area (Å²) in [5.41, 5.74) is 0. The van der Waals surface area contributed by atoms with Gasteiger partial charge >= 0.3 is 59.6 Å². The molecule has 0 aliphatic rings. The third-order valence-electron chi connectivity index (χ3n) is 0.134. The molecule has 0 amide bonds. The van der Waals surface area contributed by atoms with E-state index in [9.17, 15) is 0 Å². The molecule has 0 atom stereocenters. The summed E-state index contributed by atoms with van der Waals surface area (Å²) in [7, 11) is 0. The van der Waals surface area contributed by atoms with Crippen LogP contribution in [0.3, 0.4) is 0 Å². The number of halogens is 3. The van der Waals surface area contributed by atoms with Gasteiger partial charge in [-0.2, -0.15) is 0 Å². The second-order valence-corrected chi connectivity index (χ2v) is 8.93. The Balaban J connectivity index is 3.17. The monoisotopic (exact) mass is 176 g/mol. The van der Waals surface area contributed by atoms with Crippen LogP contribution in [0, 0.1) is 0 Å². The molecular weight excluding hydrogens is 177 g/mol. The Morgan fingerprint density at radius 1 is 1.33 bits per heavy atom. The van der Waals surface area contributed by atoms with E-state index in [0.29, 0.717) is 0 Å². The van der Waals surface area contributed by atoms with Gasteiger partial charge in [0.15, 0.2) is 0 Å². The summed E-state index contributed by atoms with van der Waals surface area (Å²) in [5, 5.41) is 0. The van der Waals surface area contributed by atoms with Crippen molar-refractivity contribution in [3.05, 3.63) is 0 Å². The second kappa shape index (κ2) is 2.78. The molecule has 1 nitrogen and oxygen atoms in total. The van der Waals surface area contributed by atoms with Crippen LogP contribution in [0.2, 0.25) is 0 Å². The molecule has 0 aromatic heterocycles. The first-order valence-electron chi connectivity index (χ1n) is 1.01. The van der Waals surface area contributed by atoms with Gasteiger partial charge in [0.25, 0.3) is 0 Å². The molecule has 32 valence electrons. The molecule has 0 aliphatic carbocycles. The topological polar surface area (TPSA) is 9.23 Å². The van der Waals surface area contributed by atoms with Gasteiger partial charge in [0, 0.05) is 0 Å². The van der Waals surface area contributed by atoms with Crippen LogP contribution in [-0.2, 0) is 3.48 Å². The normalized spacial score (nSPS) is 12.2. The zero-order valence-corrected chi connectivity index (χ0v) is 7.04. The van der Waals surface area contributed by atoms with Crippen molar-refractivity contribution in [1.29, 1.82) is 0 Å². The Morgan fingerprint density at radius 2 is 1.50 bits per heavy atom. The van der Waals surface area contributed by atoms with Gasteiger partial charge in [0.2, 0.25) is 0 Å². The maximum absolute atomic E-state index is 5.14. The van der Waals surface area contributed by atoms with E-state index >= 15 is 0 Å². The SMILES string of the molecule is [Al+2][O][Si](Cl)(Cl)Cl. The fraction of sp³-hybridized carbons (Fsp3) is 0. The van der Waals surface area contributed by atoms with Crippen LogP contribution in [0.5, 0.6) is 0 Å². The van der Waals surface area contributed by atoms with Crippen LogP contribution < -0.4 is 0 Å². The van der Waals surface area contributed by atoms with E-state index in [2.05, 4.69) is 3.48 Å². The van der Waals surface area contributed by atoms with Crippen molar-refractivity contribution in [2.24, 2.45) is 0 Å². The predicted octanol–water partition coefficient (Wildman–Crippen LogP) is 1.24. The summed E-state index contributed by atoms with van der Waals surface area (Å²) in [5.74, 6) is 0. The molecule has 0 N–H and O–H groups in total. The molecule has 0 radical (unpaired) electrons. The number of hydrogen-bond donors (Lipinski definition) is 0. The van der Waals surface area contributed by atoms with Crippen molar-refractivity contribution in [3.8, 4) is 0 Å². The van der Waals surface area contributed by atoms with E-state index in [0.717, 1.165) is 0 Å². The molecular formula is AlCl3OSi+2. The Morgan fingerprint density at radius 3 is 1.50 bits per heavy atom. The molecule has 0 bridgehead atoms. The Kier molecular flexibility index (Phi) is 3.51. The first kappa shape index (κ1) is 7.58.